The van der Waals surface area contributed by atoms with Crippen molar-refractivity contribution in [1.82, 2.24) is 4.98 Å². The van der Waals surface area contributed by atoms with Crippen LogP contribution in [0.2, 0.25) is 0 Å². The van der Waals surface area contributed by atoms with Crippen molar-refractivity contribution in [3.63, 3.8) is 0 Å². The summed E-state index contributed by atoms with van der Waals surface area (Å²) in [7, 11) is 1.55. The summed E-state index contributed by atoms with van der Waals surface area (Å²) in [6, 6.07) is 9.69. The van der Waals surface area contributed by atoms with Gasteiger partial charge in [0.25, 0.3) is 5.91 Å². The Labute approximate surface area is 136 Å². The van der Waals surface area contributed by atoms with Crippen LogP contribution in [0, 0.1) is 0 Å². The molecule has 5 nitrogen and oxygen atoms in total. The number of pyridine rings is 1. The summed E-state index contributed by atoms with van der Waals surface area (Å²) in [5.41, 5.74) is 1.24. The summed E-state index contributed by atoms with van der Waals surface area (Å²) in [5.74, 6) is -0.991. The Kier molecular flexibility index (Phi) is 5.75. The van der Waals surface area contributed by atoms with E-state index in [1.165, 1.54) is 18.3 Å². The molecule has 1 aromatic carbocycles. The van der Waals surface area contributed by atoms with Gasteiger partial charge in [-0.25, -0.2) is 4.98 Å². The molecule has 128 valence electrons. The van der Waals surface area contributed by atoms with Crippen molar-refractivity contribution >= 4 is 11.6 Å². The van der Waals surface area contributed by atoms with Gasteiger partial charge in [-0.1, -0.05) is 12.1 Å². The lowest BCUT2D eigenvalue weighted by Crippen LogP contribution is -2.22. The van der Waals surface area contributed by atoms with Gasteiger partial charge < -0.3 is 14.8 Å². The van der Waals surface area contributed by atoms with Crippen molar-refractivity contribution in [2.75, 3.05) is 19.0 Å². The summed E-state index contributed by atoms with van der Waals surface area (Å²) >= 11 is 0. The second-order valence-corrected chi connectivity index (χ2v) is 4.85. The molecule has 0 saturated heterocycles. The van der Waals surface area contributed by atoms with Crippen molar-refractivity contribution < 1.29 is 27.4 Å². The normalized spacial score (nSPS) is 11.2. The van der Waals surface area contributed by atoms with Gasteiger partial charge in [-0.2, -0.15) is 13.2 Å². The Morgan fingerprint density at radius 2 is 2.04 bits per heavy atom. The molecule has 24 heavy (non-hydrogen) atoms. The molecule has 0 fully saturated rings. The number of halogens is 3. The maximum atomic E-state index is 12.3. The molecule has 0 bridgehead atoms. The van der Waals surface area contributed by atoms with Crippen LogP contribution in [0.5, 0.6) is 5.88 Å². The zero-order chi connectivity index (χ0) is 17.6. The molecular formula is C16H15F3N2O3. The minimum Gasteiger partial charge on any atom is -0.467 e. The van der Waals surface area contributed by atoms with E-state index in [2.05, 4.69) is 15.0 Å². The number of hydrogen-bond acceptors (Lipinski definition) is 4. The SMILES string of the molecule is COCc1cccc(NC(=O)c2cccnc2OCC(F)(F)F)c1. The molecule has 8 heteroatoms. The lowest BCUT2D eigenvalue weighted by Gasteiger charge is -2.12. The smallest absolute Gasteiger partial charge is 0.422 e. The van der Waals surface area contributed by atoms with E-state index >= 15 is 0 Å². The Morgan fingerprint density at radius 1 is 1.25 bits per heavy atom. The predicted molar refractivity (Wildman–Crippen MR) is 80.9 cm³/mol. The van der Waals surface area contributed by atoms with Gasteiger partial charge in [-0.05, 0) is 29.8 Å². The van der Waals surface area contributed by atoms with E-state index < -0.39 is 18.7 Å². The molecule has 1 amide bonds. The van der Waals surface area contributed by atoms with Gasteiger partial charge in [0.15, 0.2) is 6.61 Å². The van der Waals surface area contributed by atoms with Crippen molar-refractivity contribution in [2.24, 2.45) is 0 Å². The number of ether oxygens (including phenoxy) is 2. The van der Waals surface area contributed by atoms with Crippen molar-refractivity contribution in [1.29, 1.82) is 0 Å². The summed E-state index contributed by atoms with van der Waals surface area (Å²) in [4.78, 5) is 16.0. The lowest BCUT2D eigenvalue weighted by atomic mass is 10.2. The number of carbonyl (C=O) groups excluding carboxylic acids is 1. The summed E-state index contributed by atoms with van der Waals surface area (Å²) in [6.45, 7) is -1.15. The highest BCUT2D eigenvalue weighted by atomic mass is 19.4. The van der Waals surface area contributed by atoms with E-state index in [1.807, 2.05) is 6.07 Å². The van der Waals surface area contributed by atoms with E-state index in [-0.39, 0.29) is 11.4 Å². The van der Waals surface area contributed by atoms with E-state index in [0.29, 0.717) is 12.3 Å². The van der Waals surface area contributed by atoms with Crippen molar-refractivity contribution in [3.8, 4) is 5.88 Å². The van der Waals surface area contributed by atoms with Crippen LogP contribution >= 0.6 is 0 Å². The fraction of sp³-hybridized carbons (Fsp3) is 0.250. The molecule has 0 saturated carbocycles. The first kappa shape index (κ1) is 17.7. The van der Waals surface area contributed by atoms with Gasteiger partial charge in [0, 0.05) is 19.0 Å². The van der Waals surface area contributed by atoms with Gasteiger partial charge in [0.2, 0.25) is 5.88 Å². The van der Waals surface area contributed by atoms with E-state index in [4.69, 9.17) is 4.74 Å². The monoisotopic (exact) mass is 340 g/mol. The van der Waals surface area contributed by atoms with Gasteiger partial charge in [-0.3, -0.25) is 4.79 Å². The largest absolute Gasteiger partial charge is 0.467 e. The summed E-state index contributed by atoms with van der Waals surface area (Å²) in [6.07, 6.45) is -3.26. The molecule has 0 aliphatic carbocycles. The van der Waals surface area contributed by atoms with Gasteiger partial charge >= 0.3 is 6.18 Å². The first-order valence-electron chi connectivity index (χ1n) is 6.93. The number of amides is 1. The van der Waals surface area contributed by atoms with Crippen LogP contribution in [0.3, 0.4) is 0 Å². The molecular weight excluding hydrogens is 325 g/mol. The topological polar surface area (TPSA) is 60.5 Å². The summed E-state index contributed by atoms with van der Waals surface area (Å²) < 4.78 is 46.4. The molecule has 0 aliphatic heterocycles. The molecule has 0 aliphatic rings. The average Bonchev–Trinajstić information content (AvgIpc) is 2.53. The number of carbonyl (C=O) groups is 1. The van der Waals surface area contributed by atoms with Crippen LogP contribution in [0.15, 0.2) is 42.6 Å². The maximum absolute atomic E-state index is 12.3. The highest BCUT2D eigenvalue weighted by molar-refractivity contribution is 6.05. The average molecular weight is 340 g/mol. The fourth-order valence-corrected chi connectivity index (χ4v) is 1.93. The number of alkyl halides is 3. The number of benzene rings is 1. The molecule has 0 spiro atoms. The number of nitrogens with one attached hydrogen (secondary N) is 1. The Morgan fingerprint density at radius 3 is 2.75 bits per heavy atom. The number of methoxy groups -OCH3 is 1. The van der Waals surface area contributed by atoms with E-state index in [0.717, 1.165) is 5.56 Å². The molecule has 0 atom stereocenters. The van der Waals surface area contributed by atoms with Crippen LogP contribution in [-0.4, -0.2) is 30.8 Å². The molecule has 0 radical (unpaired) electrons. The third kappa shape index (κ3) is 5.24. The zero-order valence-corrected chi connectivity index (χ0v) is 12.8. The number of aromatic nitrogens is 1. The molecule has 1 aromatic heterocycles. The Bertz CT molecular complexity index is 705. The molecule has 0 unspecified atom stereocenters. The fourth-order valence-electron chi connectivity index (χ4n) is 1.93. The zero-order valence-electron chi connectivity index (χ0n) is 12.8. The number of hydrogen-bond donors (Lipinski definition) is 1. The van der Waals surface area contributed by atoms with Gasteiger partial charge in [0.1, 0.15) is 5.56 Å². The molecule has 2 aromatic rings. The first-order valence-corrected chi connectivity index (χ1v) is 6.93. The second kappa shape index (κ2) is 7.78. The lowest BCUT2D eigenvalue weighted by molar-refractivity contribution is -0.154. The number of nitrogens with zero attached hydrogens (tertiary/aromatic N) is 1. The van der Waals surface area contributed by atoms with Crippen LogP contribution in [0.4, 0.5) is 18.9 Å². The van der Waals surface area contributed by atoms with E-state index in [9.17, 15) is 18.0 Å². The highest BCUT2D eigenvalue weighted by Gasteiger charge is 2.29. The minimum atomic E-state index is -4.51. The van der Waals surface area contributed by atoms with Crippen LogP contribution in [0.1, 0.15) is 15.9 Å². The van der Waals surface area contributed by atoms with Crippen molar-refractivity contribution in [3.05, 3.63) is 53.7 Å². The molecule has 1 heterocycles. The summed E-state index contributed by atoms with van der Waals surface area (Å²) in [5, 5.41) is 2.60. The number of anilines is 1. The number of rotatable bonds is 6. The minimum absolute atomic E-state index is 0.0844. The van der Waals surface area contributed by atoms with Gasteiger partial charge in [-0.15, -0.1) is 0 Å². The quantitative estimate of drug-likeness (QED) is 0.875. The maximum Gasteiger partial charge on any atom is 0.422 e. The third-order valence-corrected chi connectivity index (χ3v) is 2.88. The van der Waals surface area contributed by atoms with Crippen LogP contribution in [-0.2, 0) is 11.3 Å². The Balaban J connectivity index is 2.13. The van der Waals surface area contributed by atoms with E-state index in [1.54, 1.807) is 25.3 Å². The Hall–Kier alpha value is -2.61. The van der Waals surface area contributed by atoms with Crippen molar-refractivity contribution in [2.45, 2.75) is 12.8 Å². The second-order valence-electron chi connectivity index (χ2n) is 4.85. The first-order chi connectivity index (χ1) is 11.4. The third-order valence-electron chi connectivity index (χ3n) is 2.88. The predicted octanol–water partition coefficient (Wildman–Crippen LogP) is 3.42. The molecule has 2 rings (SSSR count). The highest BCUT2D eigenvalue weighted by Crippen LogP contribution is 2.21. The van der Waals surface area contributed by atoms with Crippen LogP contribution in [0.25, 0.3) is 0 Å². The van der Waals surface area contributed by atoms with Crippen LogP contribution < -0.4 is 10.1 Å². The molecule has 1 N–H and O–H groups in total. The van der Waals surface area contributed by atoms with Gasteiger partial charge in [0.05, 0.1) is 6.61 Å². The standard InChI is InChI=1S/C16H15F3N2O3/c1-23-9-11-4-2-5-12(8-11)21-14(22)13-6-3-7-20-15(13)24-10-16(17,18)19/h2-8H,9-10H2,1H3,(H,21,22).